The number of aromatic nitrogens is 1. The average Bonchev–Trinajstić information content (AvgIpc) is 3.20. The molecule has 0 aliphatic carbocycles. The minimum absolute atomic E-state index is 0.216. The van der Waals surface area contributed by atoms with Gasteiger partial charge in [0.1, 0.15) is 6.23 Å². The lowest BCUT2D eigenvalue weighted by Crippen LogP contribution is -2.38. The summed E-state index contributed by atoms with van der Waals surface area (Å²) in [5, 5.41) is 14.3. The maximum absolute atomic E-state index is 12.7. The van der Waals surface area contributed by atoms with Gasteiger partial charge in [0.15, 0.2) is 0 Å². The van der Waals surface area contributed by atoms with Crippen molar-refractivity contribution in [2.24, 2.45) is 11.7 Å². The third-order valence-electron chi connectivity index (χ3n) is 5.41. The fourth-order valence-corrected chi connectivity index (χ4v) is 3.32. The van der Waals surface area contributed by atoms with E-state index >= 15 is 0 Å². The van der Waals surface area contributed by atoms with Crippen LogP contribution in [0.4, 0.5) is 0 Å². The second kappa shape index (κ2) is 9.96. The summed E-state index contributed by atoms with van der Waals surface area (Å²) >= 11 is 0. The van der Waals surface area contributed by atoms with Crippen molar-refractivity contribution in [1.82, 2.24) is 10.3 Å². The molecular formula is C25H27N3O3. The summed E-state index contributed by atoms with van der Waals surface area (Å²) in [7, 11) is 0. The Morgan fingerprint density at radius 2 is 1.94 bits per heavy atom. The van der Waals surface area contributed by atoms with Gasteiger partial charge in [0.2, 0.25) is 5.91 Å². The first-order valence-electron chi connectivity index (χ1n) is 10.3. The number of rotatable bonds is 7. The van der Waals surface area contributed by atoms with Gasteiger partial charge in [-0.3, -0.25) is 9.59 Å². The highest BCUT2D eigenvalue weighted by Gasteiger charge is 2.21. The smallest absolute Gasteiger partial charge is 0.253 e. The van der Waals surface area contributed by atoms with E-state index in [0.717, 1.165) is 16.5 Å². The van der Waals surface area contributed by atoms with Crippen LogP contribution in [0.2, 0.25) is 0 Å². The van der Waals surface area contributed by atoms with E-state index in [-0.39, 0.29) is 23.7 Å². The minimum Gasteiger partial charge on any atom is -0.373 e. The van der Waals surface area contributed by atoms with Crippen LogP contribution in [0.25, 0.3) is 10.9 Å². The zero-order chi connectivity index (χ0) is 22.4. The molecule has 2 amide bonds. The first-order chi connectivity index (χ1) is 14.9. The van der Waals surface area contributed by atoms with Crippen LogP contribution in [-0.4, -0.2) is 28.1 Å². The predicted molar refractivity (Wildman–Crippen MR) is 121 cm³/mol. The Kier molecular flexibility index (Phi) is 7.11. The van der Waals surface area contributed by atoms with Gasteiger partial charge in [-0.25, -0.2) is 0 Å². The Morgan fingerprint density at radius 3 is 2.71 bits per heavy atom. The number of benzene rings is 2. The van der Waals surface area contributed by atoms with Crippen LogP contribution in [0, 0.1) is 17.8 Å². The number of aromatic amines is 1. The Hall–Kier alpha value is -3.56. The lowest BCUT2D eigenvalue weighted by atomic mass is 9.98. The fraction of sp³-hybridized carbons (Fsp3) is 0.280. The summed E-state index contributed by atoms with van der Waals surface area (Å²) in [4.78, 5) is 26.9. The standard InChI is InChI=1S/C25H27N3O3/c1-16(23(26)29)8-3-4-9-18-10-7-11-19(14-18)25(31)28-24(30)17(2)21-15-27-22-13-6-5-12-20(21)22/h5-7,10-17,24,27,30H,3,8H2,1-2H3,(H2,26,29)(H,28,31)/t16?,17-,24?/m1/s1. The van der Waals surface area contributed by atoms with E-state index in [1.807, 2.05) is 43.5 Å². The van der Waals surface area contributed by atoms with Gasteiger partial charge in [-0.05, 0) is 36.2 Å². The lowest BCUT2D eigenvalue weighted by molar-refractivity contribution is -0.121. The number of fused-ring (bicyclic) bond motifs is 1. The van der Waals surface area contributed by atoms with E-state index in [2.05, 4.69) is 22.1 Å². The molecule has 6 nitrogen and oxygen atoms in total. The van der Waals surface area contributed by atoms with Crippen LogP contribution >= 0.6 is 0 Å². The number of amides is 2. The Labute approximate surface area is 181 Å². The largest absolute Gasteiger partial charge is 0.373 e. The molecule has 0 saturated heterocycles. The predicted octanol–water partition coefficient (Wildman–Crippen LogP) is 3.27. The highest BCUT2D eigenvalue weighted by molar-refractivity contribution is 5.94. The number of primary amides is 1. The monoisotopic (exact) mass is 417 g/mol. The molecule has 0 bridgehead atoms. The number of aliphatic hydroxyl groups excluding tert-OH is 1. The number of nitrogens with two attached hydrogens (primary N) is 1. The van der Waals surface area contributed by atoms with E-state index in [9.17, 15) is 14.7 Å². The summed E-state index contributed by atoms with van der Waals surface area (Å²) < 4.78 is 0. The number of para-hydroxylation sites is 1. The van der Waals surface area contributed by atoms with Gasteiger partial charge < -0.3 is 21.1 Å². The number of carbonyl (C=O) groups is 2. The van der Waals surface area contributed by atoms with Gasteiger partial charge in [0.05, 0.1) is 0 Å². The molecule has 0 fully saturated rings. The maximum Gasteiger partial charge on any atom is 0.253 e. The first kappa shape index (κ1) is 22.1. The molecule has 0 saturated carbocycles. The molecular weight excluding hydrogens is 390 g/mol. The second-order valence-electron chi connectivity index (χ2n) is 7.72. The van der Waals surface area contributed by atoms with Crippen molar-refractivity contribution in [2.75, 3.05) is 0 Å². The van der Waals surface area contributed by atoms with Crippen molar-refractivity contribution in [3.63, 3.8) is 0 Å². The number of hydrogen-bond donors (Lipinski definition) is 4. The molecule has 1 aromatic heterocycles. The third kappa shape index (κ3) is 5.53. The van der Waals surface area contributed by atoms with Crippen LogP contribution in [-0.2, 0) is 4.79 Å². The van der Waals surface area contributed by atoms with Gasteiger partial charge in [0.25, 0.3) is 5.91 Å². The van der Waals surface area contributed by atoms with Crippen molar-refractivity contribution in [2.45, 2.75) is 38.8 Å². The molecule has 0 radical (unpaired) electrons. The van der Waals surface area contributed by atoms with Gasteiger partial charge in [-0.1, -0.05) is 50.0 Å². The van der Waals surface area contributed by atoms with Gasteiger partial charge >= 0.3 is 0 Å². The summed E-state index contributed by atoms with van der Waals surface area (Å²) in [5.41, 5.74) is 8.28. The summed E-state index contributed by atoms with van der Waals surface area (Å²) in [6, 6.07) is 14.8. The third-order valence-corrected chi connectivity index (χ3v) is 5.41. The van der Waals surface area contributed by atoms with E-state index in [0.29, 0.717) is 24.0 Å². The molecule has 3 atom stereocenters. The second-order valence-corrected chi connectivity index (χ2v) is 7.72. The zero-order valence-electron chi connectivity index (χ0n) is 17.7. The molecule has 160 valence electrons. The SMILES string of the molecule is CC(CCC#Cc1cccc(C(=O)NC(O)[C@H](C)c2c[nH]c3ccccc23)c1)C(N)=O. The van der Waals surface area contributed by atoms with Gasteiger partial charge in [-0.2, -0.15) is 0 Å². The average molecular weight is 418 g/mol. The van der Waals surface area contributed by atoms with Gasteiger partial charge in [0, 0.05) is 46.5 Å². The van der Waals surface area contributed by atoms with Crippen LogP contribution < -0.4 is 11.1 Å². The van der Waals surface area contributed by atoms with Crippen molar-refractivity contribution >= 4 is 22.7 Å². The molecule has 3 aromatic rings. The molecule has 0 spiro atoms. The Morgan fingerprint density at radius 1 is 1.16 bits per heavy atom. The van der Waals surface area contributed by atoms with E-state index in [1.165, 1.54) is 0 Å². The lowest BCUT2D eigenvalue weighted by Gasteiger charge is -2.20. The Bertz CT molecular complexity index is 1140. The molecule has 0 aliphatic heterocycles. The topological polar surface area (TPSA) is 108 Å². The zero-order valence-corrected chi connectivity index (χ0v) is 17.7. The van der Waals surface area contributed by atoms with E-state index in [4.69, 9.17) is 5.73 Å². The highest BCUT2D eigenvalue weighted by Crippen LogP contribution is 2.27. The molecule has 2 aromatic carbocycles. The van der Waals surface area contributed by atoms with E-state index < -0.39 is 6.23 Å². The summed E-state index contributed by atoms with van der Waals surface area (Å²) in [5.74, 6) is 4.80. The van der Waals surface area contributed by atoms with Crippen LogP contribution in [0.3, 0.4) is 0 Å². The van der Waals surface area contributed by atoms with Crippen LogP contribution in [0.1, 0.15) is 54.1 Å². The number of nitrogens with one attached hydrogen (secondary N) is 2. The van der Waals surface area contributed by atoms with Crippen LogP contribution in [0.15, 0.2) is 54.7 Å². The van der Waals surface area contributed by atoms with Crippen molar-refractivity contribution < 1.29 is 14.7 Å². The van der Waals surface area contributed by atoms with Crippen molar-refractivity contribution in [1.29, 1.82) is 0 Å². The summed E-state index contributed by atoms with van der Waals surface area (Å²) in [6.45, 7) is 3.65. The molecule has 0 aliphatic rings. The quantitative estimate of drug-likeness (QED) is 0.350. The van der Waals surface area contributed by atoms with Crippen molar-refractivity contribution in [3.05, 3.63) is 71.4 Å². The molecule has 3 rings (SSSR count). The molecule has 6 heteroatoms. The number of aliphatic hydroxyl groups is 1. The Balaban J connectivity index is 1.64. The fourth-order valence-electron chi connectivity index (χ4n) is 3.32. The van der Waals surface area contributed by atoms with Gasteiger partial charge in [-0.15, -0.1) is 0 Å². The molecule has 5 N–H and O–H groups in total. The van der Waals surface area contributed by atoms with E-state index in [1.54, 1.807) is 25.1 Å². The molecule has 1 heterocycles. The maximum atomic E-state index is 12.7. The molecule has 31 heavy (non-hydrogen) atoms. The number of carbonyl (C=O) groups excluding carboxylic acids is 2. The minimum atomic E-state index is -1.04. The van der Waals surface area contributed by atoms with Crippen molar-refractivity contribution in [3.8, 4) is 11.8 Å². The first-order valence-corrected chi connectivity index (χ1v) is 10.3. The summed E-state index contributed by atoms with van der Waals surface area (Å²) in [6.07, 6.45) is 1.96. The highest BCUT2D eigenvalue weighted by atomic mass is 16.3. The molecule has 2 unspecified atom stereocenters. The normalized spacial score (nSPS) is 13.6. The van der Waals surface area contributed by atoms with Crippen LogP contribution in [0.5, 0.6) is 0 Å². The number of hydrogen-bond acceptors (Lipinski definition) is 3. The number of H-pyrrole nitrogens is 1.